The quantitative estimate of drug-likeness (QED) is 0.815. The zero-order valence-corrected chi connectivity index (χ0v) is 11.1. The summed E-state index contributed by atoms with van der Waals surface area (Å²) in [4.78, 5) is 25.2. The highest BCUT2D eigenvalue weighted by Crippen LogP contribution is 2.16. The first-order valence-electron chi connectivity index (χ1n) is 6.30. The number of carbonyl (C=O) groups is 2. The molecule has 98 valence electrons. The Morgan fingerprint density at radius 3 is 2.44 bits per heavy atom. The van der Waals surface area contributed by atoms with Crippen molar-refractivity contribution < 1.29 is 9.59 Å². The van der Waals surface area contributed by atoms with Crippen LogP contribution in [0.5, 0.6) is 0 Å². The molecule has 0 aromatic carbocycles. The maximum Gasteiger partial charge on any atom is 0.253 e. The molecule has 0 aliphatic carbocycles. The number of carbonyl (C=O) groups excluding carboxylic acids is 2. The van der Waals surface area contributed by atoms with Crippen LogP contribution in [-0.2, 0) is 9.59 Å². The summed E-state index contributed by atoms with van der Waals surface area (Å²) in [6.07, 6.45) is 1.04. The standard InChI is InChI=1S/C13H19N3O2/c1-4-7-15-12(17)8-11(13(15)18)14-16-9(2)5-6-10(16)3/h5-6,11,14H,4,7-8H2,1-3H3. The molecule has 18 heavy (non-hydrogen) atoms. The lowest BCUT2D eigenvalue weighted by atomic mass is 10.2. The number of aryl methyl sites for hydroxylation is 2. The minimum absolute atomic E-state index is 0.0817. The van der Waals surface area contributed by atoms with E-state index in [0.29, 0.717) is 6.54 Å². The van der Waals surface area contributed by atoms with Crippen LogP contribution >= 0.6 is 0 Å². The molecule has 1 aliphatic rings. The van der Waals surface area contributed by atoms with Gasteiger partial charge in [0.2, 0.25) is 5.91 Å². The third-order valence-corrected chi connectivity index (χ3v) is 3.25. The van der Waals surface area contributed by atoms with Gasteiger partial charge in [-0.05, 0) is 32.4 Å². The summed E-state index contributed by atoms with van der Waals surface area (Å²) in [5.41, 5.74) is 5.19. The highest BCUT2D eigenvalue weighted by Gasteiger charge is 2.38. The van der Waals surface area contributed by atoms with Gasteiger partial charge in [0, 0.05) is 17.9 Å². The molecule has 1 aliphatic heterocycles. The summed E-state index contributed by atoms with van der Waals surface area (Å²) in [6, 6.07) is 3.52. The molecule has 1 fully saturated rings. The van der Waals surface area contributed by atoms with Crippen LogP contribution in [0.2, 0.25) is 0 Å². The fourth-order valence-corrected chi connectivity index (χ4v) is 2.27. The highest BCUT2D eigenvalue weighted by molar-refractivity contribution is 6.06. The SMILES string of the molecule is CCCN1C(=O)CC(Nn2c(C)ccc2C)C1=O. The lowest BCUT2D eigenvalue weighted by Crippen LogP contribution is -2.38. The van der Waals surface area contributed by atoms with Crippen molar-refractivity contribution in [1.29, 1.82) is 0 Å². The molecule has 2 amide bonds. The van der Waals surface area contributed by atoms with Gasteiger partial charge >= 0.3 is 0 Å². The smallest absolute Gasteiger partial charge is 0.253 e. The maximum atomic E-state index is 12.1. The lowest BCUT2D eigenvalue weighted by Gasteiger charge is -2.18. The number of hydrogen-bond donors (Lipinski definition) is 1. The van der Waals surface area contributed by atoms with Crippen LogP contribution in [0, 0.1) is 13.8 Å². The van der Waals surface area contributed by atoms with Crippen molar-refractivity contribution >= 4 is 11.8 Å². The third-order valence-electron chi connectivity index (χ3n) is 3.25. The Morgan fingerprint density at radius 1 is 1.28 bits per heavy atom. The summed E-state index contributed by atoms with van der Waals surface area (Å²) in [5.74, 6) is -0.198. The van der Waals surface area contributed by atoms with Gasteiger partial charge in [-0.15, -0.1) is 0 Å². The maximum absolute atomic E-state index is 12.1. The van der Waals surface area contributed by atoms with Crippen molar-refractivity contribution in [1.82, 2.24) is 9.58 Å². The average Bonchev–Trinajstić information content (AvgIpc) is 2.77. The first-order chi connectivity index (χ1) is 8.54. The van der Waals surface area contributed by atoms with Crippen molar-refractivity contribution in [2.75, 3.05) is 12.0 Å². The van der Waals surface area contributed by atoms with Gasteiger partial charge in [0.05, 0.1) is 6.42 Å². The number of hydrogen-bond acceptors (Lipinski definition) is 3. The lowest BCUT2D eigenvalue weighted by molar-refractivity contribution is -0.138. The normalized spacial score (nSPS) is 19.7. The van der Waals surface area contributed by atoms with Gasteiger partial charge < -0.3 is 5.43 Å². The number of likely N-dealkylation sites (tertiary alicyclic amines) is 1. The van der Waals surface area contributed by atoms with Gasteiger partial charge in [0.25, 0.3) is 5.91 Å². The number of amides is 2. The van der Waals surface area contributed by atoms with Crippen molar-refractivity contribution in [2.45, 2.75) is 39.7 Å². The Morgan fingerprint density at radius 2 is 1.89 bits per heavy atom. The minimum atomic E-state index is -0.436. The Labute approximate surface area is 107 Å². The summed E-state index contributed by atoms with van der Waals surface area (Å²) in [5, 5.41) is 0. The van der Waals surface area contributed by atoms with Crippen LogP contribution in [0.25, 0.3) is 0 Å². The van der Waals surface area contributed by atoms with Crippen molar-refractivity contribution in [3.8, 4) is 0 Å². The summed E-state index contributed by atoms with van der Waals surface area (Å²) in [6.45, 7) is 6.40. The molecule has 1 aromatic heterocycles. The van der Waals surface area contributed by atoms with Crippen LogP contribution in [0.15, 0.2) is 12.1 Å². The molecule has 0 bridgehead atoms. The molecule has 1 N–H and O–H groups in total. The van der Waals surface area contributed by atoms with Crippen LogP contribution in [0.1, 0.15) is 31.2 Å². The first-order valence-corrected chi connectivity index (χ1v) is 6.30. The molecule has 2 rings (SSSR count). The number of rotatable bonds is 4. The first kappa shape index (κ1) is 12.7. The number of aromatic nitrogens is 1. The molecule has 0 radical (unpaired) electrons. The van der Waals surface area contributed by atoms with Gasteiger partial charge in [-0.2, -0.15) is 0 Å². The van der Waals surface area contributed by atoms with Crippen LogP contribution in [0.4, 0.5) is 0 Å². The number of nitrogens with one attached hydrogen (secondary N) is 1. The molecule has 2 heterocycles. The van der Waals surface area contributed by atoms with Crippen LogP contribution in [-0.4, -0.2) is 34.0 Å². The zero-order valence-electron chi connectivity index (χ0n) is 11.1. The predicted octanol–water partition coefficient (Wildman–Crippen LogP) is 1.19. The van der Waals surface area contributed by atoms with Crippen molar-refractivity contribution in [3.05, 3.63) is 23.5 Å². The minimum Gasteiger partial charge on any atom is -0.313 e. The molecule has 5 heteroatoms. The second-order valence-corrected chi connectivity index (χ2v) is 4.72. The summed E-state index contributed by atoms with van der Waals surface area (Å²) < 4.78 is 1.87. The molecule has 1 aromatic rings. The number of imide groups is 1. The fourth-order valence-electron chi connectivity index (χ4n) is 2.27. The molecular formula is C13H19N3O2. The molecule has 0 saturated carbocycles. The summed E-state index contributed by atoms with van der Waals surface area (Å²) in [7, 11) is 0. The largest absolute Gasteiger partial charge is 0.313 e. The van der Waals surface area contributed by atoms with Gasteiger partial charge in [0.15, 0.2) is 0 Å². The Kier molecular flexibility index (Phi) is 3.41. The average molecular weight is 249 g/mol. The van der Waals surface area contributed by atoms with Crippen LogP contribution < -0.4 is 5.43 Å². The fraction of sp³-hybridized carbons (Fsp3) is 0.538. The van der Waals surface area contributed by atoms with E-state index < -0.39 is 6.04 Å². The molecule has 5 nitrogen and oxygen atoms in total. The highest BCUT2D eigenvalue weighted by atomic mass is 16.2. The van der Waals surface area contributed by atoms with Gasteiger partial charge in [0.1, 0.15) is 6.04 Å². The van der Waals surface area contributed by atoms with Crippen molar-refractivity contribution in [2.24, 2.45) is 0 Å². The predicted molar refractivity (Wildman–Crippen MR) is 68.7 cm³/mol. The van der Waals surface area contributed by atoms with Crippen LogP contribution in [0.3, 0.4) is 0 Å². The van der Waals surface area contributed by atoms with Gasteiger partial charge in [-0.1, -0.05) is 6.92 Å². The van der Waals surface area contributed by atoms with E-state index in [1.807, 2.05) is 37.6 Å². The van der Waals surface area contributed by atoms with E-state index in [0.717, 1.165) is 17.8 Å². The van der Waals surface area contributed by atoms with Crippen molar-refractivity contribution in [3.63, 3.8) is 0 Å². The molecule has 1 saturated heterocycles. The van der Waals surface area contributed by atoms with E-state index in [2.05, 4.69) is 5.43 Å². The van der Waals surface area contributed by atoms with E-state index >= 15 is 0 Å². The van der Waals surface area contributed by atoms with E-state index in [1.54, 1.807) is 0 Å². The second-order valence-electron chi connectivity index (χ2n) is 4.72. The zero-order chi connectivity index (χ0) is 13.3. The van der Waals surface area contributed by atoms with E-state index in [9.17, 15) is 9.59 Å². The Bertz CT molecular complexity index is 459. The number of nitrogens with zero attached hydrogens (tertiary/aromatic N) is 2. The van der Waals surface area contributed by atoms with E-state index in [-0.39, 0.29) is 18.2 Å². The molecule has 0 spiro atoms. The topological polar surface area (TPSA) is 54.3 Å². The molecule has 1 unspecified atom stereocenters. The second kappa shape index (κ2) is 4.84. The van der Waals surface area contributed by atoms with Gasteiger partial charge in [-0.25, -0.2) is 0 Å². The monoisotopic (exact) mass is 249 g/mol. The van der Waals surface area contributed by atoms with E-state index in [1.165, 1.54) is 4.90 Å². The van der Waals surface area contributed by atoms with E-state index in [4.69, 9.17) is 0 Å². The summed E-state index contributed by atoms with van der Waals surface area (Å²) >= 11 is 0. The Hall–Kier alpha value is -1.78. The molecular weight excluding hydrogens is 230 g/mol. The van der Waals surface area contributed by atoms with Gasteiger partial charge in [-0.3, -0.25) is 19.2 Å². The Balaban J connectivity index is 2.12. The molecule has 1 atom stereocenters. The third kappa shape index (κ3) is 2.12.